The van der Waals surface area contributed by atoms with Crippen LogP contribution in [-0.2, 0) is 0 Å². The lowest BCUT2D eigenvalue weighted by Gasteiger charge is -2.28. The summed E-state index contributed by atoms with van der Waals surface area (Å²) in [6.07, 6.45) is 4.70. The molecule has 1 saturated carbocycles. The van der Waals surface area contributed by atoms with Gasteiger partial charge in [0.05, 0.1) is 17.4 Å². The predicted molar refractivity (Wildman–Crippen MR) is 72.5 cm³/mol. The highest BCUT2D eigenvalue weighted by Crippen LogP contribution is 2.37. The second-order valence-electron chi connectivity index (χ2n) is 5.50. The lowest BCUT2D eigenvalue weighted by Crippen LogP contribution is -2.41. The van der Waals surface area contributed by atoms with Crippen LogP contribution in [0.4, 0.5) is 5.69 Å². The molecule has 2 rings (SSSR count). The number of halogens is 1. The van der Waals surface area contributed by atoms with Crippen LogP contribution in [0.5, 0.6) is 0 Å². The number of aromatic nitrogens is 1. The van der Waals surface area contributed by atoms with Crippen molar-refractivity contribution in [2.75, 3.05) is 5.73 Å². The fourth-order valence-electron chi connectivity index (χ4n) is 2.47. The second-order valence-corrected chi connectivity index (χ2v) is 5.89. The molecule has 1 fully saturated rings. The average molecular weight is 268 g/mol. The SMILES string of the molecule is CC1(C)CCCC1NC(=O)c1cc(Cl)ncc1N. The van der Waals surface area contributed by atoms with E-state index < -0.39 is 0 Å². The lowest BCUT2D eigenvalue weighted by atomic mass is 9.87. The van der Waals surface area contributed by atoms with Gasteiger partial charge in [-0.25, -0.2) is 4.98 Å². The maximum absolute atomic E-state index is 12.2. The number of carbonyl (C=O) groups is 1. The van der Waals surface area contributed by atoms with Gasteiger partial charge in [0.2, 0.25) is 0 Å². The molecule has 1 aromatic rings. The molecule has 0 saturated heterocycles. The first-order chi connectivity index (χ1) is 8.40. The summed E-state index contributed by atoms with van der Waals surface area (Å²) in [4.78, 5) is 16.0. The zero-order valence-corrected chi connectivity index (χ0v) is 11.4. The normalized spacial score (nSPS) is 21.8. The summed E-state index contributed by atoms with van der Waals surface area (Å²) in [5, 5.41) is 3.33. The van der Waals surface area contributed by atoms with Crippen LogP contribution in [0.15, 0.2) is 12.3 Å². The number of anilines is 1. The molecule has 5 heteroatoms. The van der Waals surface area contributed by atoms with Gasteiger partial charge in [-0.1, -0.05) is 31.9 Å². The summed E-state index contributed by atoms with van der Waals surface area (Å²) < 4.78 is 0. The molecule has 18 heavy (non-hydrogen) atoms. The molecule has 3 N–H and O–H groups in total. The molecule has 1 unspecified atom stereocenters. The summed E-state index contributed by atoms with van der Waals surface area (Å²) >= 11 is 5.79. The van der Waals surface area contributed by atoms with E-state index in [1.807, 2.05) is 0 Å². The van der Waals surface area contributed by atoms with Crippen molar-refractivity contribution in [1.29, 1.82) is 0 Å². The number of rotatable bonds is 2. The summed E-state index contributed by atoms with van der Waals surface area (Å²) in [5.41, 5.74) is 6.65. The first-order valence-electron chi connectivity index (χ1n) is 6.12. The van der Waals surface area contributed by atoms with Gasteiger partial charge < -0.3 is 11.1 Å². The molecule has 1 aromatic heterocycles. The van der Waals surface area contributed by atoms with Gasteiger partial charge in [0.1, 0.15) is 5.15 Å². The van der Waals surface area contributed by atoms with Crippen molar-refractivity contribution < 1.29 is 4.79 Å². The van der Waals surface area contributed by atoms with Gasteiger partial charge in [0.25, 0.3) is 5.91 Å². The van der Waals surface area contributed by atoms with Crippen molar-refractivity contribution in [2.45, 2.75) is 39.2 Å². The Kier molecular flexibility index (Phi) is 3.48. The van der Waals surface area contributed by atoms with E-state index in [2.05, 4.69) is 24.1 Å². The Balaban J connectivity index is 2.15. The summed E-state index contributed by atoms with van der Waals surface area (Å²) in [5.74, 6) is -0.170. The Bertz CT molecular complexity index is 473. The summed E-state index contributed by atoms with van der Waals surface area (Å²) in [6.45, 7) is 4.35. The second kappa shape index (κ2) is 4.76. The number of nitrogen functional groups attached to an aromatic ring is 1. The quantitative estimate of drug-likeness (QED) is 0.810. The molecule has 1 atom stereocenters. The minimum Gasteiger partial charge on any atom is -0.397 e. The van der Waals surface area contributed by atoms with Crippen LogP contribution in [0, 0.1) is 5.41 Å². The molecule has 0 bridgehead atoms. The maximum Gasteiger partial charge on any atom is 0.253 e. The minimum atomic E-state index is -0.170. The van der Waals surface area contributed by atoms with Gasteiger partial charge in [0.15, 0.2) is 0 Å². The third kappa shape index (κ3) is 2.58. The first-order valence-corrected chi connectivity index (χ1v) is 6.50. The lowest BCUT2D eigenvalue weighted by molar-refractivity contribution is 0.0911. The van der Waals surface area contributed by atoms with Gasteiger partial charge >= 0.3 is 0 Å². The Morgan fingerprint density at radius 2 is 2.33 bits per heavy atom. The summed E-state index contributed by atoms with van der Waals surface area (Å²) in [6, 6.07) is 1.70. The zero-order chi connectivity index (χ0) is 13.3. The minimum absolute atomic E-state index is 0.140. The monoisotopic (exact) mass is 267 g/mol. The van der Waals surface area contributed by atoms with Crippen molar-refractivity contribution in [2.24, 2.45) is 5.41 Å². The number of pyridine rings is 1. The molecule has 0 aromatic carbocycles. The van der Waals surface area contributed by atoms with Crippen LogP contribution < -0.4 is 11.1 Å². The molecule has 4 nitrogen and oxygen atoms in total. The molecule has 1 amide bonds. The number of nitrogens with one attached hydrogen (secondary N) is 1. The standard InChI is InChI=1S/C13H18ClN3O/c1-13(2)5-3-4-10(13)17-12(18)8-6-11(14)16-7-9(8)15/h6-7,10H,3-5,15H2,1-2H3,(H,17,18). The Hall–Kier alpha value is -1.29. The zero-order valence-electron chi connectivity index (χ0n) is 10.7. The van der Waals surface area contributed by atoms with Crippen molar-refractivity contribution in [1.82, 2.24) is 10.3 Å². The Morgan fingerprint density at radius 1 is 1.61 bits per heavy atom. The fourth-order valence-corrected chi connectivity index (χ4v) is 2.63. The van der Waals surface area contributed by atoms with Crippen LogP contribution >= 0.6 is 11.6 Å². The van der Waals surface area contributed by atoms with E-state index in [1.165, 1.54) is 12.3 Å². The Labute approximate surface area is 112 Å². The molecule has 98 valence electrons. The molecule has 0 spiro atoms. The largest absolute Gasteiger partial charge is 0.397 e. The highest BCUT2D eigenvalue weighted by atomic mass is 35.5. The summed E-state index contributed by atoms with van der Waals surface area (Å²) in [7, 11) is 0. The van der Waals surface area contributed by atoms with Crippen molar-refractivity contribution in [3.63, 3.8) is 0 Å². The topological polar surface area (TPSA) is 68.0 Å². The van der Waals surface area contributed by atoms with Gasteiger partial charge in [-0.15, -0.1) is 0 Å². The predicted octanol–water partition coefficient (Wildman–Crippen LogP) is 2.63. The van der Waals surface area contributed by atoms with Crippen molar-refractivity contribution in [3.05, 3.63) is 23.0 Å². The number of amides is 1. The van der Waals surface area contributed by atoms with Crippen molar-refractivity contribution >= 4 is 23.2 Å². The van der Waals surface area contributed by atoms with E-state index in [-0.39, 0.29) is 22.5 Å². The number of hydrogen-bond donors (Lipinski definition) is 2. The maximum atomic E-state index is 12.2. The fraction of sp³-hybridized carbons (Fsp3) is 0.538. The van der Waals surface area contributed by atoms with Gasteiger partial charge in [-0.05, 0) is 24.3 Å². The number of carbonyl (C=O) groups excluding carboxylic acids is 1. The molecule has 1 aliphatic rings. The van der Waals surface area contributed by atoms with Crippen LogP contribution in [0.3, 0.4) is 0 Å². The van der Waals surface area contributed by atoms with Gasteiger partial charge in [0, 0.05) is 6.04 Å². The van der Waals surface area contributed by atoms with E-state index in [0.29, 0.717) is 11.3 Å². The molecule has 1 aliphatic carbocycles. The molecule has 0 aliphatic heterocycles. The van der Waals surface area contributed by atoms with E-state index in [9.17, 15) is 4.79 Å². The third-order valence-electron chi connectivity index (χ3n) is 3.71. The number of hydrogen-bond acceptors (Lipinski definition) is 3. The van der Waals surface area contributed by atoms with Gasteiger partial charge in [-0.2, -0.15) is 0 Å². The van der Waals surface area contributed by atoms with E-state index in [0.717, 1.165) is 19.3 Å². The van der Waals surface area contributed by atoms with Gasteiger partial charge in [-0.3, -0.25) is 4.79 Å². The molecular weight excluding hydrogens is 250 g/mol. The average Bonchev–Trinajstić information content (AvgIpc) is 2.62. The highest BCUT2D eigenvalue weighted by molar-refractivity contribution is 6.29. The van der Waals surface area contributed by atoms with Crippen LogP contribution in [0.1, 0.15) is 43.5 Å². The van der Waals surface area contributed by atoms with E-state index in [4.69, 9.17) is 17.3 Å². The van der Waals surface area contributed by atoms with E-state index >= 15 is 0 Å². The first kappa shape index (κ1) is 13.1. The number of nitrogens with two attached hydrogens (primary N) is 1. The smallest absolute Gasteiger partial charge is 0.253 e. The van der Waals surface area contributed by atoms with Crippen LogP contribution in [-0.4, -0.2) is 16.9 Å². The van der Waals surface area contributed by atoms with Crippen molar-refractivity contribution in [3.8, 4) is 0 Å². The van der Waals surface area contributed by atoms with Crippen LogP contribution in [0.25, 0.3) is 0 Å². The molecule has 1 heterocycles. The molecular formula is C13H18ClN3O. The van der Waals surface area contributed by atoms with E-state index in [1.54, 1.807) is 0 Å². The Morgan fingerprint density at radius 3 is 2.94 bits per heavy atom. The number of nitrogens with zero attached hydrogens (tertiary/aromatic N) is 1. The van der Waals surface area contributed by atoms with Crippen LogP contribution in [0.2, 0.25) is 5.15 Å². The highest BCUT2D eigenvalue weighted by Gasteiger charge is 2.35. The third-order valence-corrected chi connectivity index (χ3v) is 3.92. The molecule has 0 radical (unpaired) electrons.